The zero-order chi connectivity index (χ0) is 15.0. The van der Waals surface area contributed by atoms with Crippen molar-refractivity contribution >= 4 is 20.8 Å². The normalized spacial score (nSPS) is 23.0. The Balaban J connectivity index is 2.08. The first kappa shape index (κ1) is 14.5. The second kappa shape index (κ2) is 5.40. The molecule has 0 spiro atoms. The van der Waals surface area contributed by atoms with E-state index in [1.807, 2.05) is 37.3 Å². The Morgan fingerprint density at radius 2 is 1.86 bits per heavy atom. The number of fused-ring (bicyclic) bond motifs is 1. The fourth-order valence-electron chi connectivity index (χ4n) is 2.95. The number of ether oxygens (including phenoxy) is 1. The lowest BCUT2D eigenvalue weighted by molar-refractivity contribution is 0.102. The molecule has 1 saturated heterocycles. The molecule has 5 heteroatoms. The third kappa shape index (κ3) is 2.46. The maximum atomic E-state index is 12.9. The topological polar surface area (TPSA) is 46.6 Å². The summed E-state index contributed by atoms with van der Waals surface area (Å²) in [6.45, 7) is 2.54. The first-order valence-corrected chi connectivity index (χ1v) is 8.53. The first-order valence-electron chi connectivity index (χ1n) is 7.09. The van der Waals surface area contributed by atoms with Crippen molar-refractivity contribution in [1.29, 1.82) is 0 Å². The minimum atomic E-state index is -3.53. The lowest BCUT2D eigenvalue weighted by Crippen LogP contribution is -2.40. The molecule has 0 N–H and O–H groups in total. The van der Waals surface area contributed by atoms with Crippen molar-refractivity contribution in [2.45, 2.75) is 30.4 Å². The molecule has 1 aliphatic heterocycles. The number of benzene rings is 2. The molecule has 0 radical (unpaired) electrons. The molecule has 21 heavy (non-hydrogen) atoms. The van der Waals surface area contributed by atoms with E-state index >= 15 is 0 Å². The molecule has 1 heterocycles. The summed E-state index contributed by atoms with van der Waals surface area (Å²) >= 11 is 0. The highest BCUT2D eigenvalue weighted by atomic mass is 32.2. The fourth-order valence-corrected chi connectivity index (χ4v) is 4.61. The van der Waals surface area contributed by atoms with Crippen LogP contribution in [0.1, 0.15) is 13.3 Å². The molecule has 3 rings (SSSR count). The molecule has 0 amide bonds. The van der Waals surface area contributed by atoms with Crippen LogP contribution in [0.3, 0.4) is 0 Å². The molecule has 2 atom stereocenters. The van der Waals surface area contributed by atoms with Crippen molar-refractivity contribution in [1.82, 2.24) is 4.31 Å². The van der Waals surface area contributed by atoms with Gasteiger partial charge in [0, 0.05) is 19.0 Å². The maximum Gasteiger partial charge on any atom is 0.243 e. The molecule has 0 aromatic heterocycles. The van der Waals surface area contributed by atoms with Crippen LogP contribution >= 0.6 is 0 Å². The van der Waals surface area contributed by atoms with E-state index in [1.54, 1.807) is 19.2 Å². The van der Waals surface area contributed by atoms with Crippen molar-refractivity contribution in [2.75, 3.05) is 13.7 Å². The number of likely N-dealkylation sites (N-methyl/N-ethyl adjacent to an activating group) is 1. The first-order chi connectivity index (χ1) is 10.0. The highest BCUT2D eigenvalue weighted by molar-refractivity contribution is 7.89. The van der Waals surface area contributed by atoms with Crippen molar-refractivity contribution in [3.63, 3.8) is 0 Å². The van der Waals surface area contributed by atoms with Crippen LogP contribution in [0.5, 0.6) is 0 Å². The van der Waals surface area contributed by atoms with Crippen molar-refractivity contribution in [2.24, 2.45) is 0 Å². The summed E-state index contributed by atoms with van der Waals surface area (Å²) in [6, 6.07) is 12.8. The lowest BCUT2D eigenvalue weighted by Gasteiger charge is -2.26. The summed E-state index contributed by atoms with van der Waals surface area (Å²) in [6.07, 6.45) is 0.668. The van der Waals surface area contributed by atoms with E-state index in [9.17, 15) is 8.42 Å². The molecule has 2 aromatic rings. The van der Waals surface area contributed by atoms with E-state index in [1.165, 1.54) is 4.31 Å². The third-order valence-corrected chi connectivity index (χ3v) is 6.15. The Labute approximate surface area is 125 Å². The van der Waals surface area contributed by atoms with Gasteiger partial charge in [0.1, 0.15) is 0 Å². The Morgan fingerprint density at radius 3 is 2.57 bits per heavy atom. The monoisotopic (exact) mass is 305 g/mol. The van der Waals surface area contributed by atoms with E-state index < -0.39 is 10.0 Å². The van der Waals surface area contributed by atoms with Crippen LogP contribution in [0.4, 0.5) is 0 Å². The van der Waals surface area contributed by atoms with Gasteiger partial charge in [-0.15, -0.1) is 0 Å². The minimum absolute atomic E-state index is 0.0697. The lowest BCUT2D eigenvalue weighted by atomic mass is 10.1. The van der Waals surface area contributed by atoms with E-state index in [0.717, 1.165) is 17.2 Å². The Kier molecular flexibility index (Phi) is 3.73. The van der Waals surface area contributed by atoms with Gasteiger partial charge >= 0.3 is 0 Å². The molecule has 0 saturated carbocycles. The molecule has 4 nitrogen and oxygen atoms in total. The summed E-state index contributed by atoms with van der Waals surface area (Å²) < 4.78 is 32.9. The van der Waals surface area contributed by atoms with Gasteiger partial charge in [0.2, 0.25) is 10.0 Å². The predicted octanol–water partition coefficient (Wildman–Crippen LogP) is 2.64. The van der Waals surface area contributed by atoms with E-state index in [4.69, 9.17) is 4.74 Å². The Bertz CT molecular complexity index is 752. The van der Waals surface area contributed by atoms with Crippen LogP contribution in [-0.4, -0.2) is 38.5 Å². The summed E-state index contributed by atoms with van der Waals surface area (Å²) in [7, 11) is -1.88. The van der Waals surface area contributed by atoms with Gasteiger partial charge in [0.25, 0.3) is 0 Å². The second-order valence-electron chi connectivity index (χ2n) is 5.43. The summed E-state index contributed by atoms with van der Waals surface area (Å²) in [5.74, 6) is 0. The van der Waals surface area contributed by atoms with E-state index in [-0.39, 0.29) is 12.1 Å². The van der Waals surface area contributed by atoms with E-state index in [0.29, 0.717) is 11.5 Å². The Hall–Kier alpha value is -1.43. The van der Waals surface area contributed by atoms with Gasteiger partial charge < -0.3 is 4.74 Å². The Morgan fingerprint density at radius 1 is 1.14 bits per heavy atom. The van der Waals surface area contributed by atoms with Gasteiger partial charge in [0.05, 0.1) is 17.0 Å². The van der Waals surface area contributed by atoms with Crippen LogP contribution in [0.15, 0.2) is 47.4 Å². The maximum absolute atomic E-state index is 12.9. The zero-order valence-electron chi connectivity index (χ0n) is 12.2. The molecule has 112 valence electrons. The molecule has 0 aliphatic carbocycles. The highest BCUT2D eigenvalue weighted by Crippen LogP contribution is 2.29. The molecule has 1 aliphatic rings. The second-order valence-corrected chi connectivity index (χ2v) is 7.40. The molecular formula is C16H19NO3S. The molecule has 1 fully saturated rings. The summed E-state index contributed by atoms with van der Waals surface area (Å²) in [5.41, 5.74) is 0. The highest BCUT2D eigenvalue weighted by Gasteiger charge is 2.35. The number of sulfonamides is 1. The average molecular weight is 305 g/mol. The van der Waals surface area contributed by atoms with Gasteiger partial charge in [0.15, 0.2) is 0 Å². The fraction of sp³-hybridized carbons (Fsp3) is 0.375. The predicted molar refractivity (Wildman–Crippen MR) is 82.7 cm³/mol. The van der Waals surface area contributed by atoms with Crippen LogP contribution in [-0.2, 0) is 14.8 Å². The molecule has 2 unspecified atom stereocenters. The average Bonchev–Trinajstić information content (AvgIpc) is 2.91. The van der Waals surface area contributed by atoms with Crippen molar-refractivity contribution in [3.8, 4) is 0 Å². The van der Waals surface area contributed by atoms with Gasteiger partial charge in [-0.3, -0.25) is 0 Å². The number of hydrogen-bond donors (Lipinski definition) is 0. The van der Waals surface area contributed by atoms with Gasteiger partial charge in [-0.05, 0) is 24.8 Å². The van der Waals surface area contributed by atoms with Gasteiger partial charge in [-0.25, -0.2) is 8.42 Å². The summed E-state index contributed by atoms with van der Waals surface area (Å²) in [5, 5.41) is 1.70. The van der Waals surface area contributed by atoms with Crippen LogP contribution < -0.4 is 0 Å². The van der Waals surface area contributed by atoms with E-state index in [2.05, 4.69) is 0 Å². The minimum Gasteiger partial charge on any atom is -0.377 e. The SMILES string of the molecule is CC1OCCC1N(C)S(=O)(=O)c1cccc2ccccc12. The standard InChI is InChI=1S/C16H19NO3S/c1-12-15(10-11-20-12)17(2)21(18,19)16-9-5-7-13-6-3-4-8-14(13)16/h3-9,12,15H,10-11H2,1-2H3. The largest absolute Gasteiger partial charge is 0.377 e. The molecule has 0 bridgehead atoms. The van der Waals surface area contributed by atoms with Gasteiger partial charge in [-0.1, -0.05) is 36.4 Å². The van der Waals surface area contributed by atoms with Crippen LogP contribution in [0.25, 0.3) is 10.8 Å². The molecular weight excluding hydrogens is 286 g/mol. The quantitative estimate of drug-likeness (QED) is 0.876. The third-order valence-electron chi connectivity index (χ3n) is 4.21. The smallest absolute Gasteiger partial charge is 0.243 e. The van der Waals surface area contributed by atoms with Crippen LogP contribution in [0.2, 0.25) is 0 Å². The number of rotatable bonds is 3. The van der Waals surface area contributed by atoms with Gasteiger partial charge in [-0.2, -0.15) is 4.31 Å². The number of hydrogen-bond acceptors (Lipinski definition) is 3. The summed E-state index contributed by atoms with van der Waals surface area (Å²) in [4.78, 5) is 0.363. The van der Waals surface area contributed by atoms with Crippen molar-refractivity contribution in [3.05, 3.63) is 42.5 Å². The van der Waals surface area contributed by atoms with Crippen molar-refractivity contribution < 1.29 is 13.2 Å². The zero-order valence-corrected chi connectivity index (χ0v) is 13.0. The molecule has 2 aromatic carbocycles. The number of nitrogens with zero attached hydrogens (tertiary/aromatic N) is 1. The van der Waals surface area contributed by atoms with Crippen LogP contribution in [0, 0.1) is 0 Å².